The van der Waals surface area contributed by atoms with E-state index in [-0.39, 0.29) is 28.6 Å². The average molecular weight is 754 g/mol. The molecule has 0 bridgehead atoms. The smallest absolute Gasteiger partial charge is 0.252 e. The van der Waals surface area contributed by atoms with Gasteiger partial charge in [-0.05, 0) is 133 Å². The van der Waals surface area contributed by atoms with Crippen molar-refractivity contribution >= 4 is 67.7 Å². The molecule has 2 fully saturated rings. The van der Waals surface area contributed by atoms with E-state index in [1.165, 1.54) is 140 Å². The normalized spacial score (nSPS) is 27.1. The van der Waals surface area contributed by atoms with Gasteiger partial charge in [-0.25, -0.2) is 0 Å². The molecule has 4 heteroatoms. The average Bonchev–Trinajstić information content (AvgIpc) is 3.75. The predicted octanol–water partition coefficient (Wildman–Crippen LogP) is 11.7. The molecule has 0 spiro atoms. The SMILES string of the molecule is Cc1cc(C)c2c(c1)N(c1cc3c4c(c1)-n1c5ccccc5c5cccc(c51)B4c1cc(-c4ccccc4)cc4c1N3C1(C)CCCCC41C)C1(C)CCCCC21C. The topological polar surface area (TPSA) is 11.4 Å². The highest BCUT2D eigenvalue weighted by molar-refractivity contribution is 7.00. The van der Waals surface area contributed by atoms with Gasteiger partial charge in [0.05, 0.1) is 16.6 Å². The highest BCUT2D eigenvalue weighted by Gasteiger charge is 2.62. The second-order valence-electron chi connectivity index (χ2n) is 20.0. The first-order valence-corrected chi connectivity index (χ1v) is 22.2. The highest BCUT2D eigenvalue weighted by atomic mass is 15.3. The lowest BCUT2D eigenvalue weighted by molar-refractivity contribution is 0.193. The second kappa shape index (κ2) is 10.9. The Morgan fingerprint density at radius 3 is 2.05 bits per heavy atom. The zero-order valence-electron chi connectivity index (χ0n) is 35.0. The summed E-state index contributed by atoms with van der Waals surface area (Å²) in [7, 11) is 0. The molecule has 6 aromatic carbocycles. The maximum atomic E-state index is 2.93. The lowest BCUT2D eigenvalue weighted by Crippen LogP contribution is -2.64. The van der Waals surface area contributed by atoms with Crippen LogP contribution >= 0.6 is 0 Å². The van der Waals surface area contributed by atoms with Crippen LogP contribution in [-0.2, 0) is 10.8 Å². The van der Waals surface area contributed by atoms with Crippen LogP contribution in [0.5, 0.6) is 0 Å². The van der Waals surface area contributed by atoms with E-state index in [1.807, 2.05) is 0 Å². The molecule has 58 heavy (non-hydrogen) atoms. The van der Waals surface area contributed by atoms with E-state index >= 15 is 0 Å². The number of benzene rings is 6. The van der Waals surface area contributed by atoms with Crippen LogP contribution in [0.3, 0.4) is 0 Å². The summed E-state index contributed by atoms with van der Waals surface area (Å²) in [4.78, 5) is 5.80. The Morgan fingerprint density at radius 2 is 1.24 bits per heavy atom. The molecule has 0 N–H and O–H groups in total. The molecular weight excluding hydrogens is 701 g/mol. The lowest BCUT2D eigenvalue weighted by atomic mass is 9.33. The van der Waals surface area contributed by atoms with Crippen molar-refractivity contribution in [2.75, 3.05) is 9.80 Å². The molecule has 4 aliphatic heterocycles. The molecule has 13 rings (SSSR count). The molecule has 4 unspecified atom stereocenters. The summed E-state index contributed by atoms with van der Waals surface area (Å²) in [5.41, 5.74) is 22.8. The van der Waals surface area contributed by atoms with Gasteiger partial charge >= 0.3 is 0 Å². The lowest BCUT2D eigenvalue weighted by Gasteiger charge is -2.53. The molecule has 3 nitrogen and oxygen atoms in total. The predicted molar refractivity (Wildman–Crippen MR) is 246 cm³/mol. The van der Waals surface area contributed by atoms with Crippen molar-refractivity contribution in [1.29, 1.82) is 0 Å². The van der Waals surface area contributed by atoms with Crippen LogP contribution in [0, 0.1) is 13.8 Å². The first-order valence-electron chi connectivity index (χ1n) is 22.2. The van der Waals surface area contributed by atoms with Crippen molar-refractivity contribution < 1.29 is 0 Å². The van der Waals surface area contributed by atoms with Gasteiger partial charge in [-0.3, -0.25) is 0 Å². The van der Waals surface area contributed by atoms with Crippen LogP contribution in [0.4, 0.5) is 22.7 Å². The fourth-order valence-electron chi connectivity index (χ4n) is 14.4. The van der Waals surface area contributed by atoms with E-state index in [0.717, 1.165) is 0 Å². The summed E-state index contributed by atoms with van der Waals surface area (Å²) in [6, 6.07) is 43.1. The van der Waals surface area contributed by atoms with E-state index in [4.69, 9.17) is 0 Å². The van der Waals surface area contributed by atoms with Gasteiger partial charge in [0.25, 0.3) is 6.71 Å². The Labute approximate surface area is 343 Å². The Hall–Kier alpha value is -5.22. The molecule has 0 saturated heterocycles. The first-order chi connectivity index (χ1) is 28.1. The maximum Gasteiger partial charge on any atom is 0.252 e. The third-order valence-corrected chi connectivity index (χ3v) is 17.4. The van der Waals surface area contributed by atoms with Crippen molar-refractivity contribution in [3.05, 3.63) is 131 Å². The number of para-hydroxylation sites is 2. The van der Waals surface area contributed by atoms with Gasteiger partial charge in [-0.2, -0.15) is 0 Å². The third kappa shape index (κ3) is 3.73. The third-order valence-electron chi connectivity index (χ3n) is 17.4. The molecular formula is C54H52BN3. The minimum atomic E-state index is -0.0562. The van der Waals surface area contributed by atoms with Gasteiger partial charge in [0, 0.05) is 55.6 Å². The van der Waals surface area contributed by atoms with Gasteiger partial charge in [-0.15, -0.1) is 0 Å². The van der Waals surface area contributed by atoms with Crippen LogP contribution in [-0.4, -0.2) is 22.4 Å². The van der Waals surface area contributed by atoms with Crippen molar-refractivity contribution in [3.63, 3.8) is 0 Å². The van der Waals surface area contributed by atoms with Gasteiger partial charge in [0.1, 0.15) is 0 Å². The largest absolute Gasteiger partial charge is 0.335 e. The summed E-state index contributed by atoms with van der Waals surface area (Å²) in [6.07, 6.45) is 9.95. The van der Waals surface area contributed by atoms with E-state index in [1.54, 1.807) is 11.1 Å². The van der Waals surface area contributed by atoms with Crippen LogP contribution in [0.15, 0.2) is 109 Å². The molecule has 2 saturated carbocycles. The van der Waals surface area contributed by atoms with E-state index in [9.17, 15) is 0 Å². The zero-order valence-corrected chi connectivity index (χ0v) is 35.0. The molecule has 286 valence electrons. The molecule has 5 heterocycles. The standard InChI is InChI=1S/C54H52BN3/c1-33-27-34(2)47-44(28-33)57(54(6)26-15-13-24-52(47,54)4)37-31-45-48-46(32-37)58-50-40(51(3)23-12-14-25-53(51,58)5)29-36(35-17-8-7-9-18-35)30-42(50)55(48)41-21-16-20-39-38-19-10-11-22-43(38)56(45)49(39)41/h7-11,16-22,27-32H,12-15,23-26H2,1-6H3. The Kier molecular flexibility index (Phi) is 6.33. The number of hydrogen-bond acceptors (Lipinski definition) is 2. The van der Waals surface area contributed by atoms with Crippen LogP contribution in [0.2, 0.25) is 0 Å². The van der Waals surface area contributed by atoms with Crippen molar-refractivity contribution in [3.8, 4) is 16.8 Å². The fourth-order valence-corrected chi connectivity index (χ4v) is 14.4. The minimum Gasteiger partial charge on any atom is -0.335 e. The number of hydrogen-bond donors (Lipinski definition) is 0. The maximum absolute atomic E-state index is 2.93. The summed E-state index contributed by atoms with van der Waals surface area (Å²) in [5.74, 6) is 0. The number of aryl methyl sites for hydroxylation is 2. The molecule has 0 radical (unpaired) electrons. The van der Waals surface area contributed by atoms with Gasteiger partial charge in [-0.1, -0.05) is 118 Å². The second-order valence-corrected chi connectivity index (χ2v) is 20.0. The first kappa shape index (κ1) is 33.7. The van der Waals surface area contributed by atoms with E-state index < -0.39 is 0 Å². The molecule has 6 aliphatic rings. The van der Waals surface area contributed by atoms with Gasteiger partial charge in [0.15, 0.2) is 0 Å². The zero-order chi connectivity index (χ0) is 39.1. The molecule has 4 atom stereocenters. The Morgan fingerprint density at radius 1 is 0.552 bits per heavy atom. The number of anilines is 4. The Bertz CT molecular complexity index is 2980. The summed E-state index contributed by atoms with van der Waals surface area (Å²) < 4.78 is 2.69. The fraction of sp³-hybridized carbons (Fsp3) is 0.333. The summed E-state index contributed by atoms with van der Waals surface area (Å²) in [6.45, 7) is 15.3. The molecule has 2 aliphatic carbocycles. The van der Waals surface area contributed by atoms with Crippen molar-refractivity contribution in [2.24, 2.45) is 0 Å². The summed E-state index contributed by atoms with van der Waals surface area (Å²) in [5, 5.41) is 2.71. The van der Waals surface area contributed by atoms with Crippen LogP contribution in [0.1, 0.15) is 101 Å². The number of fused-ring (bicyclic) bond motifs is 13. The monoisotopic (exact) mass is 753 g/mol. The van der Waals surface area contributed by atoms with E-state index in [2.05, 4.69) is 165 Å². The number of aromatic nitrogens is 1. The van der Waals surface area contributed by atoms with Gasteiger partial charge < -0.3 is 14.4 Å². The summed E-state index contributed by atoms with van der Waals surface area (Å²) >= 11 is 0. The quantitative estimate of drug-likeness (QED) is 0.163. The molecule has 0 amide bonds. The molecule has 1 aromatic heterocycles. The van der Waals surface area contributed by atoms with Crippen LogP contribution in [0.25, 0.3) is 38.6 Å². The number of nitrogens with zero attached hydrogens (tertiary/aromatic N) is 3. The van der Waals surface area contributed by atoms with Crippen LogP contribution < -0.4 is 26.2 Å². The Balaban J connectivity index is 1.20. The number of rotatable bonds is 2. The van der Waals surface area contributed by atoms with Crippen molar-refractivity contribution in [1.82, 2.24) is 4.57 Å². The van der Waals surface area contributed by atoms with Gasteiger partial charge in [0.2, 0.25) is 0 Å². The van der Waals surface area contributed by atoms with Crippen molar-refractivity contribution in [2.45, 2.75) is 115 Å². The van der Waals surface area contributed by atoms with E-state index in [0.29, 0.717) is 0 Å². The molecule has 7 aromatic rings. The highest BCUT2D eigenvalue weighted by Crippen LogP contribution is 2.65. The minimum absolute atomic E-state index is 0.0208.